The van der Waals surface area contributed by atoms with Crippen LogP contribution in [0, 0.1) is 6.92 Å². The number of carbonyl (C=O) groups excluding carboxylic acids is 2. The molecule has 1 N–H and O–H groups in total. The number of halogens is 1. The van der Waals surface area contributed by atoms with Gasteiger partial charge in [0, 0.05) is 10.7 Å². The van der Waals surface area contributed by atoms with Gasteiger partial charge in [-0.1, -0.05) is 35.4 Å². The van der Waals surface area contributed by atoms with Crippen molar-refractivity contribution >= 4 is 29.3 Å². The van der Waals surface area contributed by atoms with Crippen LogP contribution in [0.4, 0.5) is 10.5 Å². The van der Waals surface area contributed by atoms with E-state index in [2.05, 4.69) is 5.32 Å². The fourth-order valence-electron chi connectivity index (χ4n) is 2.54. The molecule has 1 atom stereocenters. The summed E-state index contributed by atoms with van der Waals surface area (Å²) in [5.74, 6) is 0.355. The number of hydrogen-bond donors (Lipinski definition) is 1. The number of anilines is 1. The maximum absolute atomic E-state index is 12.0. The minimum Gasteiger partial charge on any atom is -0.484 e. The summed E-state index contributed by atoms with van der Waals surface area (Å²) in [5.41, 5.74) is 1.79. The van der Waals surface area contributed by atoms with Gasteiger partial charge >= 0.3 is 6.09 Å². The van der Waals surface area contributed by atoms with Crippen LogP contribution in [0.2, 0.25) is 5.02 Å². The predicted octanol–water partition coefficient (Wildman–Crippen LogP) is 3.17. The zero-order valence-electron chi connectivity index (χ0n) is 14.3. The molecule has 136 valence electrons. The van der Waals surface area contributed by atoms with Crippen molar-refractivity contribution in [3.8, 4) is 5.75 Å². The number of cyclic esters (lactones) is 1. The number of carbonyl (C=O) groups is 2. The molecule has 1 aliphatic heterocycles. The van der Waals surface area contributed by atoms with E-state index < -0.39 is 12.2 Å². The average Bonchev–Trinajstić information content (AvgIpc) is 3.00. The molecule has 2 aromatic rings. The monoisotopic (exact) mass is 374 g/mol. The van der Waals surface area contributed by atoms with Gasteiger partial charge in [-0.05, 0) is 37.3 Å². The Bertz CT molecular complexity index is 794. The smallest absolute Gasteiger partial charge is 0.414 e. The molecule has 0 bridgehead atoms. The van der Waals surface area contributed by atoms with E-state index in [4.69, 9.17) is 21.1 Å². The van der Waals surface area contributed by atoms with Gasteiger partial charge in [0.15, 0.2) is 6.61 Å². The highest BCUT2D eigenvalue weighted by molar-refractivity contribution is 6.30. The van der Waals surface area contributed by atoms with Crippen molar-refractivity contribution in [3.05, 3.63) is 59.1 Å². The SMILES string of the molecule is Cc1ccc(OCC(=O)NCC2CN(c3cccc(Cl)c3)C(=O)O2)cc1. The van der Waals surface area contributed by atoms with Crippen molar-refractivity contribution in [3.63, 3.8) is 0 Å². The molecule has 2 aromatic carbocycles. The lowest BCUT2D eigenvalue weighted by Gasteiger charge is -2.13. The molecular formula is C19H19ClN2O4. The Morgan fingerprint density at radius 3 is 2.81 bits per heavy atom. The van der Waals surface area contributed by atoms with Crippen LogP contribution in [0.5, 0.6) is 5.75 Å². The highest BCUT2D eigenvalue weighted by Gasteiger charge is 2.32. The average molecular weight is 375 g/mol. The number of amides is 2. The van der Waals surface area contributed by atoms with Gasteiger partial charge in [0.05, 0.1) is 13.1 Å². The Hall–Kier alpha value is -2.73. The summed E-state index contributed by atoms with van der Waals surface area (Å²) in [6.07, 6.45) is -0.882. The molecular weight excluding hydrogens is 356 g/mol. The molecule has 26 heavy (non-hydrogen) atoms. The predicted molar refractivity (Wildman–Crippen MR) is 98.8 cm³/mol. The van der Waals surface area contributed by atoms with Gasteiger partial charge in [0.25, 0.3) is 5.91 Å². The van der Waals surface area contributed by atoms with Gasteiger partial charge in [0.2, 0.25) is 0 Å². The Morgan fingerprint density at radius 1 is 1.31 bits per heavy atom. The Kier molecular flexibility index (Phi) is 5.63. The first-order chi connectivity index (χ1) is 12.5. The summed E-state index contributed by atoms with van der Waals surface area (Å²) in [4.78, 5) is 25.4. The highest BCUT2D eigenvalue weighted by atomic mass is 35.5. The molecule has 1 unspecified atom stereocenters. The second-order valence-electron chi connectivity index (χ2n) is 6.00. The molecule has 2 amide bonds. The standard InChI is InChI=1S/C19H19ClN2O4/c1-13-5-7-16(8-6-13)25-12-18(23)21-10-17-11-22(19(24)26-17)15-4-2-3-14(20)9-15/h2-9,17H,10-12H2,1H3,(H,21,23). The summed E-state index contributed by atoms with van der Waals surface area (Å²) in [5, 5.41) is 3.26. The third-order valence-corrected chi connectivity index (χ3v) is 4.15. The Balaban J connectivity index is 1.45. The van der Waals surface area contributed by atoms with Crippen LogP contribution < -0.4 is 15.0 Å². The van der Waals surface area contributed by atoms with Crippen LogP contribution in [-0.4, -0.2) is 37.8 Å². The quantitative estimate of drug-likeness (QED) is 0.843. The largest absolute Gasteiger partial charge is 0.484 e. The van der Waals surface area contributed by atoms with Crippen molar-refractivity contribution in [2.24, 2.45) is 0 Å². The van der Waals surface area contributed by atoms with Crippen molar-refractivity contribution in [1.29, 1.82) is 0 Å². The highest BCUT2D eigenvalue weighted by Crippen LogP contribution is 2.24. The van der Waals surface area contributed by atoms with E-state index in [0.717, 1.165) is 5.56 Å². The van der Waals surface area contributed by atoms with Crippen LogP contribution in [0.3, 0.4) is 0 Å². The van der Waals surface area contributed by atoms with E-state index >= 15 is 0 Å². The topological polar surface area (TPSA) is 67.9 Å². The number of ether oxygens (including phenoxy) is 2. The third kappa shape index (κ3) is 4.67. The van der Waals surface area contributed by atoms with Crippen LogP contribution in [0.15, 0.2) is 48.5 Å². The van der Waals surface area contributed by atoms with E-state index in [1.807, 2.05) is 31.2 Å². The zero-order valence-corrected chi connectivity index (χ0v) is 15.0. The van der Waals surface area contributed by atoms with E-state index in [1.165, 1.54) is 4.90 Å². The lowest BCUT2D eigenvalue weighted by Crippen LogP contribution is -2.37. The third-order valence-electron chi connectivity index (χ3n) is 3.91. The van der Waals surface area contributed by atoms with Crippen LogP contribution in [-0.2, 0) is 9.53 Å². The second kappa shape index (κ2) is 8.10. The molecule has 0 radical (unpaired) electrons. The number of benzene rings is 2. The molecule has 1 heterocycles. The maximum atomic E-state index is 12.0. The van der Waals surface area contributed by atoms with Gasteiger partial charge in [-0.25, -0.2) is 4.79 Å². The van der Waals surface area contributed by atoms with Crippen molar-refractivity contribution < 1.29 is 19.1 Å². The van der Waals surface area contributed by atoms with Gasteiger partial charge in [-0.3, -0.25) is 9.69 Å². The summed E-state index contributed by atoms with van der Waals surface area (Å²) < 4.78 is 10.7. The zero-order chi connectivity index (χ0) is 18.5. The molecule has 0 aliphatic carbocycles. The molecule has 3 rings (SSSR count). The first-order valence-electron chi connectivity index (χ1n) is 8.21. The van der Waals surface area contributed by atoms with Gasteiger partial charge in [0.1, 0.15) is 11.9 Å². The number of nitrogens with zero attached hydrogens (tertiary/aromatic N) is 1. The van der Waals surface area contributed by atoms with Crippen LogP contribution in [0.1, 0.15) is 5.56 Å². The summed E-state index contributed by atoms with van der Waals surface area (Å²) >= 11 is 5.95. The van der Waals surface area contributed by atoms with Crippen LogP contribution >= 0.6 is 11.6 Å². The lowest BCUT2D eigenvalue weighted by atomic mass is 10.2. The molecule has 6 nitrogen and oxygen atoms in total. The normalized spacial score (nSPS) is 16.3. The van der Waals surface area contributed by atoms with Crippen molar-refractivity contribution in [2.45, 2.75) is 13.0 Å². The van der Waals surface area contributed by atoms with Crippen molar-refractivity contribution in [2.75, 3.05) is 24.6 Å². The first kappa shape index (κ1) is 18.1. The minimum absolute atomic E-state index is 0.0955. The molecule has 7 heteroatoms. The summed E-state index contributed by atoms with van der Waals surface area (Å²) in [6, 6.07) is 14.4. The fourth-order valence-corrected chi connectivity index (χ4v) is 2.73. The fraction of sp³-hybridized carbons (Fsp3) is 0.263. The number of nitrogens with one attached hydrogen (secondary N) is 1. The second-order valence-corrected chi connectivity index (χ2v) is 6.44. The molecule has 1 aliphatic rings. The van der Waals surface area contributed by atoms with E-state index in [-0.39, 0.29) is 19.1 Å². The summed E-state index contributed by atoms with van der Waals surface area (Å²) in [7, 11) is 0. The molecule has 1 saturated heterocycles. The maximum Gasteiger partial charge on any atom is 0.414 e. The molecule has 0 aromatic heterocycles. The van der Waals surface area contributed by atoms with Gasteiger partial charge in [-0.15, -0.1) is 0 Å². The summed E-state index contributed by atoms with van der Waals surface area (Å²) in [6.45, 7) is 2.45. The number of hydrogen-bond acceptors (Lipinski definition) is 4. The van der Waals surface area contributed by atoms with E-state index in [9.17, 15) is 9.59 Å². The minimum atomic E-state index is -0.456. The molecule has 0 spiro atoms. The number of rotatable bonds is 6. The Morgan fingerprint density at radius 2 is 2.08 bits per heavy atom. The van der Waals surface area contributed by atoms with Crippen LogP contribution in [0.25, 0.3) is 0 Å². The van der Waals surface area contributed by atoms with Gasteiger partial charge in [-0.2, -0.15) is 0 Å². The van der Waals surface area contributed by atoms with Gasteiger partial charge < -0.3 is 14.8 Å². The lowest BCUT2D eigenvalue weighted by molar-refractivity contribution is -0.123. The molecule has 0 saturated carbocycles. The first-order valence-corrected chi connectivity index (χ1v) is 8.59. The Labute approximate surface area is 156 Å². The number of aryl methyl sites for hydroxylation is 1. The van der Waals surface area contributed by atoms with Crippen molar-refractivity contribution in [1.82, 2.24) is 5.32 Å². The van der Waals surface area contributed by atoms with E-state index in [1.54, 1.807) is 24.3 Å². The molecule has 1 fully saturated rings. The van der Waals surface area contributed by atoms with E-state index in [0.29, 0.717) is 23.0 Å².